The predicted octanol–water partition coefficient (Wildman–Crippen LogP) is 2.25. The lowest BCUT2D eigenvalue weighted by Crippen LogP contribution is -2.07. The number of hydrogen-bond acceptors (Lipinski definition) is 6. The molecule has 1 heterocycles. The summed E-state index contributed by atoms with van der Waals surface area (Å²) in [4.78, 5) is 11.5. The van der Waals surface area contributed by atoms with Crippen molar-refractivity contribution in [2.75, 3.05) is 12.4 Å². The van der Waals surface area contributed by atoms with Crippen LogP contribution in [0.15, 0.2) is 23.6 Å². The lowest BCUT2D eigenvalue weighted by molar-refractivity contribution is 0.0600. The van der Waals surface area contributed by atoms with Gasteiger partial charge in [0.15, 0.2) is 0 Å². The number of esters is 1. The van der Waals surface area contributed by atoms with Crippen molar-refractivity contribution in [3.63, 3.8) is 0 Å². The van der Waals surface area contributed by atoms with Crippen molar-refractivity contribution >= 4 is 23.2 Å². The molecule has 0 saturated carbocycles. The van der Waals surface area contributed by atoms with E-state index in [0.717, 1.165) is 16.9 Å². The molecule has 2 aromatic rings. The van der Waals surface area contributed by atoms with Gasteiger partial charge in [-0.15, -0.1) is 5.10 Å². The van der Waals surface area contributed by atoms with Gasteiger partial charge in [0.05, 0.1) is 24.9 Å². The van der Waals surface area contributed by atoms with Crippen molar-refractivity contribution in [1.82, 2.24) is 9.59 Å². The van der Waals surface area contributed by atoms with Crippen LogP contribution in [-0.4, -0.2) is 22.7 Å². The first-order valence-electron chi connectivity index (χ1n) is 5.40. The van der Waals surface area contributed by atoms with E-state index >= 15 is 0 Å². The zero-order chi connectivity index (χ0) is 13.0. The van der Waals surface area contributed by atoms with Gasteiger partial charge in [0.2, 0.25) is 0 Å². The number of hydrogen-bond donors (Lipinski definition) is 1. The van der Waals surface area contributed by atoms with E-state index in [2.05, 4.69) is 14.9 Å². The van der Waals surface area contributed by atoms with E-state index in [1.165, 1.54) is 18.6 Å². The molecule has 6 heteroatoms. The Balaban J connectivity index is 2.16. The standard InChI is InChI=1S/C12H13N3O2S/c1-8-10(12(16)17-2)4-3-5-11(8)13-6-9-7-18-15-14-9/h3-5,7,13H,6H2,1-2H3. The number of nitrogens with one attached hydrogen (secondary N) is 1. The molecule has 1 aromatic heterocycles. The van der Waals surface area contributed by atoms with E-state index in [9.17, 15) is 4.79 Å². The Morgan fingerprint density at radius 2 is 2.33 bits per heavy atom. The Kier molecular flexibility index (Phi) is 3.88. The number of ether oxygens (including phenoxy) is 1. The predicted molar refractivity (Wildman–Crippen MR) is 69.8 cm³/mol. The molecular formula is C12H13N3O2S. The van der Waals surface area contributed by atoms with Crippen LogP contribution in [0.3, 0.4) is 0 Å². The summed E-state index contributed by atoms with van der Waals surface area (Å²) in [6.07, 6.45) is 0. The summed E-state index contributed by atoms with van der Waals surface area (Å²) in [6, 6.07) is 5.49. The van der Waals surface area contributed by atoms with Gasteiger partial charge in [-0.25, -0.2) is 4.79 Å². The van der Waals surface area contributed by atoms with Crippen molar-refractivity contribution in [3.8, 4) is 0 Å². The second-order valence-corrected chi connectivity index (χ2v) is 4.33. The second kappa shape index (κ2) is 5.59. The topological polar surface area (TPSA) is 64.1 Å². The van der Waals surface area contributed by atoms with Crippen LogP contribution in [0.4, 0.5) is 5.69 Å². The molecule has 0 fully saturated rings. The molecule has 0 saturated heterocycles. The average molecular weight is 263 g/mol. The molecule has 0 aliphatic heterocycles. The van der Waals surface area contributed by atoms with Gasteiger partial charge in [0, 0.05) is 11.1 Å². The maximum Gasteiger partial charge on any atom is 0.338 e. The normalized spacial score (nSPS) is 10.1. The summed E-state index contributed by atoms with van der Waals surface area (Å²) in [5.74, 6) is -0.327. The molecule has 0 unspecified atom stereocenters. The fraction of sp³-hybridized carbons (Fsp3) is 0.250. The number of rotatable bonds is 4. The third kappa shape index (κ3) is 2.65. The Morgan fingerprint density at radius 3 is 3.00 bits per heavy atom. The summed E-state index contributed by atoms with van der Waals surface area (Å²) in [5, 5.41) is 9.06. The van der Waals surface area contributed by atoms with E-state index in [0.29, 0.717) is 12.1 Å². The van der Waals surface area contributed by atoms with Gasteiger partial charge in [-0.1, -0.05) is 10.6 Å². The van der Waals surface area contributed by atoms with Crippen LogP contribution in [0.25, 0.3) is 0 Å². The third-order valence-electron chi connectivity index (χ3n) is 2.60. The number of methoxy groups -OCH3 is 1. The number of benzene rings is 1. The minimum atomic E-state index is -0.327. The molecule has 18 heavy (non-hydrogen) atoms. The van der Waals surface area contributed by atoms with Crippen LogP contribution >= 0.6 is 11.5 Å². The molecule has 0 aliphatic rings. The molecule has 1 N–H and O–H groups in total. The van der Waals surface area contributed by atoms with E-state index in [1.54, 1.807) is 6.07 Å². The summed E-state index contributed by atoms with van der Waals surface area (Å²) in [7, 11) is 1.38. The second-order valence-electron chi connectivity index (χ2n) is 3.72. The average Bonchev–Trinajstić information content (AvgIpc) is 2.90. The van der Waals surface area contributed by atoms with Crippen LogP contribution < -0.4 is 5.32 Å². The lowest BCUT2D eigenvalue weighted by atomic mass is 10.1. The lowest BCUT2D eigenvalue weighted by Gasteiger charge is -2.11. The number of nitrogens with zero attached hydrogens (tertiary/aromatic N) is 2. The van der Waals surface area contributed by atoms with E-state index in [1.807, 2.05) is 24.4 Å². The van der Waals surface area contributed by atoms with Crippen molar-refractivity contribution in [2.45, 2.75) is 13.5 Å². The zero-order valence-electron chi connectivity index (χ0n) is 10.1. The van der Waals surface area contributed by atoms with Crippen molar-refractivity contribution in [1.29, 1.82) is 0 Å². The van der Waals surface area contributed by atoms with Gasteiger partial charge < -0.3 is 10.1 Å². The van der Waals surface area contributed by atoms with Crippen LogP contribution in [-0.2, 0) is 11.3 Å². The quantitative estimate of drug-likeness (QED) is 0.857. The maximum absolute atomic E-state index is 11.5. The first-order valence-corrected chi connectivity index (χ1v) is 6.23. The van der Waals surface area contributed by atoms with Gasteiger partial charge in [-0.05, 0) is 36.2 Å². The molecule has 5 nitrogen and oxygen atoms in total. The fourth-order valence-corrected chi connectivity index (χ4v) is 2.06. The molecule has 0 amide bonds. The van der Waals surface area contributed by atoms with E-state index in [-0.39, 0.29) is 5.97 Å². The largest absolute Gasteiger partial charge is 0.465 e. The molecule has 0 radical (unpaired) electrons. The highest BCUT2D eigenvalue weighted by Crippen LogP contribution is 2.20. The zero-order valence-corrected chi connectivity index (χ0v) is 11.0. The van der Waals surface area contributed by atoms with Gasteiger partial charge in [-0.3, -0.25) is 0 Å². The Bertz CT molecular complexity index is 540. The molecule has 2 rings (SSSR count). The third-order valence-corrected chi connectivity index (χ3v) is 3.16. The molecule has 1 aromatic carbocycles. The van der Waals surface area contributed by atoms with Crippen LogP contribution in [0.2, 0.25) is 0 Å². The summed E-state index contributed by atoms with van der Waals surface area (Å²) >= 11 is 1.32. The first kappa shape index (κ1) is 12.5. The van der Waals surface area contributed by atoms with Crippen LogP contribution in [0.5, 0.6) is 0 Å². The molecule has 0 aliphatic carbocycles. The Labute approximate surface area is 109 Å². The van der Waals surface area contributed by atoms with Gasteiger partial charge in [0.25, 0.3) is 0 Å². The van der Waals surface area contributed by atoms with Crippen molar-refractivity contribution in [2.24, 2.45) is 0 Å². The summed E-state index contributed by atoms with van der Waals surface area (Å²) in [5.41, 5.74) is 3.21. The number of carbonyl (C=O) groups is 1. The number of anilines is 1. The Hall–Kier alpha value is -1.95. The van der Waals surface area contributed by atoms with Crippen molar-refractivity contribution < 1.29 is 9.53 Å². The van der Waals surface area contributed by atoms with Crippen molar-refractivity contribution in [3.05, 3.63) is 40.4 Å². The molecule has 0 atom stereocenters. The van der Waals surface area contributed by atoms with E-state index < -0.39 is 0 Å². The van der Waals surface area contributed by atoms with Crippen LogP contribution in [0.1, 0.15) is 21.6 Å². The Morgan fingerprint density at radius 1 is 1.50 bits per heavy atom. The minimum absolute atomic E-state index is 0.327. The smallest absolute Gasteiger partial charge is 0.338 e. The highest BCUT2D eigenvalue weighted by atomic mass is 32.1. The molecule has 0 bridgehead atoms. The first-order chi connectivity index (χ1) is 8.72. The number of aromatic nitrogens is 2. The summed E-state index contributed by atoms with van der Waals surface area (Å²) < 4.78 is 8.53. The summed E-state index contributed by atoms with van der Waals surface area (Å²) in [6.45, 7) is 2.47. The molecule has 0 spiro atoms. The monoisotopic (exact) mass is 263 g/mol. The van der Waals surface area contributed by atoms with Gasteiger partial charge in [0.1, 0.15) is 0 Å². The molecular weight excluding hydrogens is 250 g/mol. The maximum atomic E-state index is 11.5. The van der Waals surface area contributed by atoms with Gasteiger partial charge >= 0.3 is 5.97 Å². The SMILES string of the molecule is COC(=O)c1cccc(NCc2csnn2)c1C. The van der Waals surface area contributed by atoms with Gasteiger partial charge in [-0.2, -0.15) is 0 Å². The van der Waals surface area contributed by atoms with E-state index in [4.69, 9.17) is 4.74 Å². The highest BCUT2D eigenvalue weighted by molar-refractivity contribution is 7.03. The highest BCUT2D eigenvalue weighted by Gasteiger charge is 2.11. The molecule has 94 valence electrons. The fourth-order valence-electron chi connectivity index (χ4n) is 1.61. The minimum Gasteiger partial charge on any atom is -0.465 e. The number of carbonyl (C=O) groups excluding carboxylic acids is 1. The van der Waals surface area contributed by atoms with Crippen LogP contribution in [0, 0.1) is 6.92 Å².